The number of fused-ring (bicyclic) bond motifs is 1. The van der Waals surface area contributed by atoms with Gasteiger partial charge in [-0.2, -0.15) is 0 Å². The van der Waals surface area contributed by atoms with Gasteiger partial charge in [-0.25, -0.2) is 24.1 Å². The molecule has 0 aliphatic heterocycles. The highest BCUT2D eigenvalue weighted by Gasteiger charge is 2.16. The zero-order valence-corrected chi connectivity index (χ0v) is 14.9. The van der Waals surface area contributed by atoms with E-state index in [-0.39, 0.29) is 28.5 Å². The van der Waals surface area contributed by atoms with E-state index in [1.165, 1.54) is 36.7 Å². The number of carboxylic acid groups (broad SMARTS) is 1. The second kappa shape index (κ2) is 7.16. The summed E-state index contributed by atoms with van der Waals surface area (Å²) < 4.78 is 14.3. The van der Waals surface area contributed by atoms with Gasteiger partial charge in [0.2, 0.25) is 0 Å². The Morgan fingerprint density at radius 3 is 2.82 bits per heavy atom. The zero-order chi connectivity index (χ0) is 19.7. The van der Waals surface area contributed by atoms with Crippen LogP contribution in [0.4, 0.5) is 15.9 Å². The van der Waals surface area contributed by atoms with Gasteiger partial charge in [0.15, 0.2) is 11.5 Å². The first-order chi connectivity index (χ1) is 13.5. The fourth-order valence-electron chi connectivity index (χ4n) is 2.65. The van der Waals surface area contributed by atoms with Gasteiger partial charge in [-0.15, -0.1) is 0 Å². The maximum absolute atomic E-state index is 14.3. The Bertz CT molecular complexity index is 1220. The van der Waals surface area contributed by atoms with Crippen LogP contribution in [-0.2, 0) is 0 Å². The first-order valence-corrected chi connectivity index (χ1v) is 8.43. The van der Waals surface area contributed by atoms with Crippen LogP contribution in [0.15, 0.2) is 55.0 Å². The number of aromatic nitrogens is 4. The lowest BCUT2D eigenvalue weighted by Crippen LogP contribution is -2.06. The van der Waals surface area contributed by atoms with Gasteiger partial charge in [-0.3, -0.25) is 4.98 Å². The van der Waals surface area contributed by atoms with Crippen LogP contribution in [0.5, 0.6) is 0 Å². The number of nitrogens with one attached hydrogen (secondary N) is 1. The van der Waals surface area contributed by atoms with E-state index in [0.717, 1.165) is 0 Å². The van der Waals surface area contributed by atoms with E-state index in [4.69, 9.17) is 11.6 Å². The Labute approximate surface area is 162 Å². The predicted octanol–water partition coefficient (Wildman–Crippen LogP) is 4.32. The Morgan fingerprint density at radius 1 is 1.14 bits per heavy atom. The van der Waals surface area contributed by atoms with Crippen LogP contribution in [0.3, 0.4) is 0 Å². The maximum Gasteiger partial charge on any atom is 0.339 e. The summed E-state index contributed by atoms with van der Waals surface area (Å²) in [6.07, 6.45) is 4.23. The molecule has 7 nitrogen and oxygen atoms in total. The van der Waals surface area contributed by atoms with Crippen molar-refractivity contribution in [2.75, 3.05) is 5.32 Å². The lowest BCUT2D eigenvalue weighted by molar-refractivity contribution is 0.0697. The molecule has 0 aliphatic rings. The van der Waals surface area contributed by atoms with Crippen LogP contribution in [0.2, 0.25) is 5.02 Å². The fourth-order valence-corrected chi connectivity index (χ4v) is 2.82. The summed E-state index contributed by atoms with van der Waals surface area (Å²) >= 11 is 5.98. The van der Waals surface area contributed by atoms with Crippen molar-refractivity contribution in [3.8, 4) is 11.4 Å². The fraction of sp³-hybridized carbons (Fsp3) is 0. The largest absolute Gasteiger partial charge is 0.478 e. The van der Waals surface area contributed by atoms with Crippen molar-refractivity contribution in [2.45, 2.75) is 0 Å². The SMILES string of the molecule is O=C(O)c1cnccc1Nc1nc(-c2cc(Cl)ccc2F)nc2ncccc12. The minimum Gasteiger partial charge on any atom is -0.478 e. The summed E-state index contributed by atoms with van der Waals surface area (Å²) in [5.41, 5.74) is 0.675. The summed E-state index contributed by atoms with van der Waals surface area (Å²) in [4.78, 5) is 28.2. The molecule has 3 heterocycles. The third-order valence-electron chi connectivity index (χ3n) is 3.95. The van der Waals surface area contributed by atoms with Crippen molar-refractivity contribution < 1.29 is 14.3 Å². The minimum absolute atomic E-state index is 0.0337. The molecular weight excluding hydrogens is 385 g/mol. The van der Waals surface area contributed by atoms with Gasteiger partial charge in [0.25, 0.3) is 0 Å². The lowest BCUT2D eigenvalue weighted by atomic mass is 10.2. The van der Waals surface area contributed by atoms with Gasteiger partial charge < -0.3 is 10.4 Å². The van der Waals surface area contributed by atoms with Gasteiger partial charge in [-0.1, -0.05) is 11.6 Å². The molecule has 0 saturated carbocycles. The maximum atomic E-state index is 14.3. The Kier molecular flexibility index (Phi) is 4.54. The molecule has 4 aromatic rings. The molecule has 0 spiro atoms. The normalized spacial score (nSPS) is 10.8. The highest BCUT2D eigenvalue weighted by molar-refractivity contribution is 6.30. The first kappa shape index (κ1) is 17.7. The van der Waals surface area contributed by atoms with Crippen LogP contribution in [-0.4, -0.2) is 31.0 Å². The summed E-state index contributed by atoms with van der Waals surface area (Å²) in [6.45, 7) is 0. The molecule has 0 saturated heterocycles. The highest BCUT2D eigenvalue weighted by atomic mass is 35.5. The third kappa shape index (κ3) is 3.33. The standard InChI is InChI=1S/C19H11ClFN5O2/c20-10-3-4-14(21)12(8-10)18-25-16-11(2-1-6-23-16)17(26-18)24-15-5-7-22-9-13(15)19(27)28/h1-9H,(H,27,28)(H,22,23,24,25,26). The Hall–Kier alpha value is -3.65. The topological polar surface area (TPSA) is 101 Å². The van der Waals surface area contributed by atoms with E-state index in [1.54, 1.807) is 18.3 Å². The predicted molar refractivity (Wildman–Crippen MR) is 102 cm³/mol. The average Bonchev–Trinajstić information content (AvgIpc) is 2.70. The molecular formula is C19H11ClFN5O2. The van der Waals surface area contributed by atoms with E-state index in [2.05, 4.69) is 25.3 Å². The molecule has 0 radical (unpaired) electrons. The molecule has 1 aromatic carbocycles. The number of benzene rings is 1. The molecule has 0 amide bonds. The molecule has 2 N–H and O–H groups in total. The number of nitrogens with zero attached hydrogens (tertiary/aromatic N) is 4. The molecule has 0 bridgehead atoms. The van der Waals surface area contributed by atoms with Gasteiger partial charge in [0.05, 0.1) is 16.6 Å². The third-order valence-corrected chi connectivity index (χ3v) is 4.18. The van der Waals surface area contributed by atoms with Crippen molar-refractivity contribution in [1.29, 1.82) is 0 Å². The Morgan fingerprint density at radius 2 is 2.00 bits per heavy atom. The van der Waals surface area contributed by atoms with Crippen LogP contribution < -0.4 is 5.32 Å². The molecule has 9 heteroatoms. The molecule has 3 aromatic heterocycles. The molecule has 0 fully saturated rings. The number of carbonyl (C=O) groups is 1. The number of anilines is 2. The summed E-state index contributed by atoms with van der Waals surface area (Å²) in [5.74, 6) is -1.34. The van der Waals surface area contributed by atoms with E-state index in [9.17, 15) is 14.3 Å². The monoisotopic (exact) mass is 395 g/mol. The number of hydrogen-bond donors (Lipinski definition) is 2. The number of pyridine rings is 2. The van der Waals surface area contributed by atoms with Crippen molar-refractivity contribution in [3.05, 3.63) is 71.4 Å². The smallest absolute Gasteiger partial charge is 0.339 e. The van der Waals surface area contributed by atoms with Crippen molar-refractivity contribution >= 4 is 40.1 Å². The van der Waals surface area contributed by atoms with Gasteiger partial charge in [-0.05, 0) is 36.4 Å². The van der Waals surface area contributed by atoms with Crippen molar-refractivity contribution in [2.24, 2.45) is 0 Å². The number of carboxylic acids is 1. The lowest BCUT2D eigenvalue weighted by Gasteiger charge is -2.12. The van der Waals surface area contributed by atoms with E-state index < -0.39 is 11.8 Å². The molecule has 0 aliphatic carbocycles. The molecule has 138 valence electrons. The Balaban J connectivity index is 1.91. The second-order valence-electron chi connectivity index (χ2n) is 5.75. The van der Waals surface area contributed by atoms with Crippen LogP contribution in [0.25, 0.3) is 22.4 Å². The average molecular weight is 396 g/mol. The second-order valence-corrected chi connectivity index (χ2v) is 6.18. The van der Waals surface area contributed by atoms with Crippen molar-refractivity contribution in [1.82, 2.24) is 19.9 Å². The molecule has 0 atom stereocenters. The van der Waals surface area contributed by atoms with Gasteiger partial charge in [0.1, 0.15) is 17.2 Å². The molecule has 28 heavy (non-hydrogen) atoms. The van der Waals surface area contributed by atoms with Crippen molar-refractivity contribution in [3.63, 3.8) is 0 Å². The van der Waals surface area contributed by atoms with Crippen LogP contribution in [0.1, 0.15) is 10.4 Å². The first-order valence-electron chi connectivity index (χ1n) is 8.05. The van der Waals surface area contributed by atoms with Crippen LogP contribution >= 0.6 is 11.6 Å². The van der Waals surface area contributed by atoms with E-state index in [0.29, 0.717) is 16.1 Å². The number of aromatic carboxylic acids is 1. The molecule has 0 unspecified atom stereocenters. The van der Waals surface area contributed by atoms with Gasteiger partial charge in [0, 0.05) is 23.6 Å². The zero-order valence-electron chi connectivity index (χ0n) is 14.1. The minimum atomic E-state index is -1.15. The summed E-state index contributed by atoms with van der Waals surface area (Å²) in [5, 5.41) is 13.2. The number of hydrogen-bond acceptors (Lipinski definition) is 6. The van der Waals surface area contributed by atoms with Crippen LogP contribution in [0, 0.1) is 5.82 Å². The summed E-state index contributed by atoms with van der Waals surface area (Å²) in [6, 6.07) is 9.00. The number of rotatable bonds is 4. The summed E-state index contributed by atoms with van der Waals surface area (Å²) in [7, 11) is 0. The molecule has 4 rings (SSSR count). The highest BCUT2D eigenvalue weighted by Crippen LogP contribution is 2.29. The number of halogens is 2. The quantitative estimate of drug-likeness (QED) is 0.530. The van der Waals surface area contributed by atoms with E-state index in [1.807, 2.05) is 0 Å². The van der Waals surface area contributed by atoms with Gasteiger partial charge >= 0.3 is 5.97 Å². The van der Waals surface area contributed by atoms with E-state index >= 15 is 0 Å².